The van der Waals surface area contributed by atoms with Crippen molar-refractivity contribution < 1.29 is 9.13 Å². The highest BCUT2D eigenvalue weighted by Crippen LogP contribution is 2.22. The molecule has 5 nitrogen and oxygen atoms in total. The fraction of sp³-hybridized carbons (Fsp3) is 0.400. The molecule has 0 spiro atoms. The predicted octanol–water partition coefficient (Wildman–Crippen LogP) is 3.57. The topological polar surface area (TPSA) is 61.2 Å². The number of halogens is 1. The Morgan fingerprint density at radius 2 is 2.12 bits per heavy atom. The fourth-order valence-corrected chi connectivity index (χ4v) is 3.16. The molecule has 3 rings (SSSR count). The molecule has 0 radical (unpaired) electrons. The summed E-state index contributed by atoms with van der Waals surface area (Å²) in [6.45, 7) is 5.04. The second kappa shape index (κ2) is 8.63. The number of nitrogens with zero attached hydrogens (tertiary/aromatic N) is 3. The Kier molecular flexibility index (Phi) is 6.03. The molecule has 6 heteroatoms. The molecular formula is C20H23FN4O. The molecule has 0 amide bonds. The van der Waals surface area contributed by atoms with Crippen LogP contribution < -0.4 is 10.1 Å². The van der Waals surface area contributed by atoms with Gasteiger partial charge in [0.05, 0.1) is 12.2 Å². The average molecular weight is 354 g/mol. The monoisotopic (exact) mass is 354 g/mol. The highest BCUT2D eigenvalue weighted by atomic mass is 19.1. The molecule has 1 aromatic heterocycles. The van der Waals surface area contributed by atoms with Gasteiger partial charge in [-0.3, -0.25) is 4.90 Å². The molecule has 1 N–H and O–H groups in total. The molecule has 0 bridgehead atoms. The number of aromatic nitrogens is 1. The van der Waals surface area contributed by atoms with Crippen LogP contribution in [0.1, 0.15) is 30.9 Å². The first-order chi connectivity index (χ1) is 12.7. The Bertz CT molecular complexity index is 764. The Morgan fingerprint density at radius 1 is 1.31 bits per heavy atom. The summed E-state index contributed by atoms with van der Waals surface area (Å²) in [7, 11) is 0. The Hall–Kier alpha value is -2.65. The van der Waals surface area contributed by atoms with Crippen LogP contribution in [0, 0.1) is 17.1 Å². The lowest BCUT2D eigenvalue weighted by molar-refractivity contribution is 0.210. The van der Waals surface area contributed by atoms with Gasteiger partial charge in [0.15, 0.2) is 11.6 Å². The lowest BCUT2D eigenvalue weighted by Crippen LogP contribution is -2.38. The molecule has 26 heavy (non-hydrogen) atoms. The van der Waals surface area contributed by atoms with E-state index in [1.807, 2.05) is 19.1 Å². The molecule has 136 valence electrons. The minimum atomic E-state index is -0.312. The number of nitrogens with one attached hydrogen (secondary N) is 1. The van der Waals surface area contributed by atoms with Crippen LogP contribution in [0.25, 0.3) is 0 Å². The molecule has 2 heterocycles. The van der Waals surface area contributed by atoms with Crippen molar-refractivity contribution in [2.75, 3.05) is 25.0 Å². The minimum Gasteiger partial charge on any atom is -0.491 e. The second-order valence-corrected chi connectivity index (χ2v) is 6.44. The van der Waals surface area contributed by atoms with Crippen LogP contribution in [0.4, 0.5) is 10.2 Å². The number of pyridine rings is 1. The van der Waals surface area contributed by atoms with E-state index in [2.05, 4.69) is 21.3 Å². The van der Waals surface area contributed by atoms with Crippen molar-refractivity contribution >= 4 is 5.82 Å². The van der Waals surface area contributed by atoms with E-state index in [1.54, 1.807) is 18.3 Å². The largest absolute Gasteiger partial charge is 0.491 e. The van der Waals surface area contributed by atoms with E-state index in [9.17, 15) is 4.39 Å². The lowest BCUT2D eigenvalue weighted by Gasteiger charge is -2.32. The van der Waals surface area contributed by atoms with Gasteiger partial charge in [0, 0.05) is 31.9 Å². The molecule has 0 atom stereocenters. The zero-order valence-corrected chi connectivity index (χ0v) is 14.9. The maximum atomic E-state index is 13.7. The zero-order valence-electron chi connectivity index (χ0n) is 14.9. The Labute approximate surface area is 153 Å². The van der Waals surface area contributed by atoms with Crippen LogP contribution in [0.15, 0.2) is 36.5 Å². The van der Waals surface area contributed by atoms with E-state index in [1.165, 1.54) is 6.07 Å². The first-order valence-corrected chi connectivity index (χ1v) is 8.94. The summed E-state index contributed by atoms with van der Waals surface area (Å²) in [5.74, 6) is 0.823. The van der Waals surface area contributed by atoms with Crippen LogP contribution in [0.3, 0.4) is 0 Å². The molecule has 0 unspecified atom stereocenters. The van der Waals surface area contributed by atoms with Crippen LogP contribution in [-0.2, 0) is 6.54 Å². The standard InChI is InChI=1S/C20H23FN4O/c1-2-26-19-11-15(3-5-18(19)21)14-25-9-7-17(8-10-25)24-20-6-4-16(12-22)13-23-20/h3-6,11,13,17H,2,7-10,14H2,1H3,(H,23,24). The predicted molar refractivity (Wildman–Crippen MR) is 98.4 cm³/mol. The Morgan fingerprint density at radius 3 is 2.77 bits per heavy atom. The molecule has 0 saturated carbocycles. The third kappa shape index (κ3) is 4.70. The van der Waals surface area contributed by atoms with Gasteiger partial charge in [-0.1, -0.05) is 6.07 Å². The number of piperidine rings is 1. The van der Waals surface area contributed by atoms with Gasteiger partial charge in [-0.15, -0.1) is 0 Å². The van der Waals surface area contributed by atoms with Gasteiger partial charge in [0.1, 0.15) is 11.9 Å². The quantitative estimate of drug-likeness (QED) is 0.859. The van der Waals surface area contributed by atoms with E-state index in [0.29, 0.717) is 24.0 Å². The number of anilines is 1. The number of benzene rings is 1. The number of ether oxygens (including phenoxy) is 1. The van der Waals surface area contributed by atoms with Crippen molar-refractivity contribution in [3.8, 4) is 11.8 Å². The smallest absolute Gasteiger partial charge is 0.165 e. The van der Waals surface area contributed by atoms with Crippen molar-refractivity contribution in [1.82, 2.24) is 9.88 Å². The maximum Gasteiger partial charge on any atom is 0.165 e. The first kappa shape index (κ1) is 18.2. The third-order valence-corrected chi connectivity index (χ3v) is 4.53. The molecule has 1 fully saturated rings. The molecule has 1 aliphatic heterocycles. The zero-order chi connectivity index (χ0) is 18.4. The summed E-state index contributed by atoms with van der Waals surface area (Å²) in [5.41, 5.74) is 1.63. The number of hydrogen-bond donors (Lipinski definition) is 1. The van der Waals surface area contributed by atoms with Gasteiger partial charge < -0.3 is 10.1 Å². The van der Waals surface area contributed by atoms with Crippen LogP contribution in [0.2, 0.25) is 0 Å². The van der Waals surface area contributed by atoms with Gasteiger partial charge in [-0.05, 0) is 49.6 Å². The van der Waals surface area contributed by atoms with Gasteiger partial charge in [0.25, 0.3) is 0 Å². The van der Waals surface area contributed by atoms with Crippen LogP contribution in [-0.4, -0.2) is 35.6 Å². The van der Waals surface area contributed by atoms with Gasteiger partial charge in [-0.2, -0.15) is 5.26 Å². The molecular weight excluding hydrogens is 331 g/mol. The van der Waals surface area contributed by atoms with E-state index < -0.39 is 0 Å². The van der Waals surface area contributed by atoms with Crippen molar-refractivity contribution in [3.05, 3.63) is 53.5 Å². The summed E-state index contributed by atoms with van der Waals surface area (Å²) in [6.07, 6.45) is 3.62. The van der Waals surface area contributed by atoms with Gasteiger partial charge in [-0.25, -0.2) is 9.37 Å². The summed E-state index contributed by atoms with van der Waals surface area (Å²) in [5, 5.41) is 12.3. The molecule has 1 aromatic carbocycles. The summed E-state index contributed by atoms with van der Waals surface area (Å²) >= 11 is 0. The first-order valence-electron chi connectivity index (χ1n) is 8.94. The van der Waals surface area contributed by atoms with Crippen LogP contribution >= 0.6 is 0 Å². The fourth-order valence-electron chi connectivity index (χ4n) is 3.16. The summed E-state index contributed by atoms with van der Waals surface area (Å²) in [4.78, 5) is 6.64. The summed E-state index contributed by atoms with van der Waals surface area (Å²) < 4.78 is 19.0. The van der Waals surface area contributed by atoms with E-state index in [4.69, 9.17) is 10.00 Å². The van der Waals surface area contributed by atoms with Gasteiger partial charge in [0.2, 0.25) is 0 Å². The maximum absolute atomic E-state index is 13.7. The number of rotatable bonds is 6. The highest BCUT2D eigenvalue weighted by Gasteiger charge is 2.19. The van der Waals surface area contributed by atoms with E-state index in [-0.39, 0.29) is 5.82 Å². The SMILES string of the molecule is CCOc1cc(CN2CCC(Nc3ccc(C#N)cn3)CC2)ccc1F. The normalized spacial score (nSPS) is 15.4. The second-order valence-electron chi connectivity index (χ2n) is 6.44. The lowest BCUT2D eigenvalue weighted by atomic mass is 10.0. The van der Waals surface area contributed by atoms with E-state index >= 15 is 0 Å². The number of hydrogen-bond acceptors (Lipinski definition) is 5. The van der Waals surface area contributed by atoms with Crippen LogP contribution in [0.5, 0.6) is 5.75 Å². The highest BCUT2D eigenvalue weighted by molar-refractivity contribution is 5.39. The molecule has 0 aliphatic carbocycles. The third-order valence-electron chi connectivity index (χ3n) is 4.53. The van der Waals surface area contributed by atoms with Crippen molar-refractivity contribution in [1.29, 1.82) is 5.26 Å². The minimum absolute atomic E-state index is 0.312. The molecule has 1 saturated heterocycles. The summed E-state index contributed by atoms with van der Waals surface area (Å²) in [6, 6.07) is 11.2. The van der Waals surface area contributed by atoms with Crippen molar-refractivity contribution in [3.63, 3.8) is 0 Å². The number of nitriles is 1. The van der Waals surface area contributed by atoms with E-state index in [0.717, 1.165) is 43.9 Å². The van der Waals surface area contributed by atoms with Gasteiger partial charge >= 0.3 is 0 Å². The molecule has 2 aromatic rings. The molecule has 1 aliphatic rings. The van der Waals surface area contributed by atoms with Crippen molar-refractivity contribution in [2.24, 2.45) is 0 Å². The average Bonchev–Trinajstić information content (AvgIpc) is 2.67. The number of likely N-dealkylation sites (tertiary alicyclic amines) is 1. The Balaban J connectivity index is 1.50. The van der Waals surface area contributed by atoms with Crippen molar-refractivity contribution in [2.45, 2.75) is 32.4 Å².